The van der Waals surface area contributed by atoms with Gasteiger partial charge in [0.2, 0.25) is 5.91 Å². The van der Waals surface area contributed by atoms with Gasteiger partial charge < -0.3 is 11.1 Å². The van der Waals surface area contributed by atoms with Crippen LogP contribution in [0.5, 0.6) is 0 Å². The van der Waals surface area contributed by atoms with Crippen LogP contribution in [0.3, 0.4) is 0 Å². The minimum atomic E-state index is -0.452. The monoisotopic (exact) mass is 186 g/mol. The van der Waals surface area contributed by atoms with Crippen molar-refractivity contribution in [1.29, 1.82) is 0 Å². The normalized spacial score (nSPS) is 12.5. The van der Waals surface area contributed by atoms with E-state index < -0.39 is 6.04 Å². The first-order valence-electron chi connectivity index (χ1n) is 3.58. The fourth-order valence-corrected chi connectivity index (χ4v) is 1.04. The van der Waals surface area contributed by atoms with E-state index in [4.69, 9.17) is 5.73 Å². The number of hydrogen-bond acceptors (Lipinski definition) is 5. The molecule has 0 aliphatic carbocycles. The van der Waals surface area contributed by atoms with Gasteiger partial charge in [-0.2, -0.15) is 0 Å². The summed E-state index contributed by atoms with van der Waals surface area (Å²) in [5.41, 5.74) is 5.48. The third-order valence-corrected chi connectivity index (χ3v) is 1.96. The van der Waals surface area contributed by atoms with Crippen LogP contribution in [0.2, 0.25) is 0 Å². The lowest BCUT2D eigenvalue weighted by molar-refractivity contribution is -0.117. The molecule has 1 amide bonds. The summed E-state index contributed by atoms with van der Waals surface area (Å²) in [4.78, 5) is 11.2. The average molecular weight is 186 g/mol. The number of nitrogens with zero attached hydrogens (tertiary/aromatic N) is 2. The molecule has 0 aliphatic heterocycles. The highest BCUT2D eigenvalue weighted by Gasteiger charge is 2.11. The van der Waals surface area contributed by atoms with E-state index >= 15 is 0 Å². The Kier molecular flexibility index (Phi) is 3.12. The zero-order valence-corrected chi connectivity index (χ0v) is 7.47. The molecule has 1 aromatic heterocycles. The molecule has 0 unspecified atom stereocenters. The summed E-state index contributed by atoms with van der Waals surface area (Å²) in [6.45, 7) is 1.86. The lowest BCUT2D eigenvalue weighted by atomic mass is 10.2. The third-order valence-electron chi connectivity index (χ3n) is 1.38. The van der Waals surface area contributed by atoms with E-state index in [1.807, 2.05) is 6.92 Å². The summed E-state index contributed by atoms with van der Waals surface area (Å²) < 4.78 is 3.60. The van der Waals surface area contributed by atoms with Gasteiger partial charge in [-0.05, 0) is 6.42 Å². The van der Waals surface area contributed by atoms with Gasteiger partial charge in [-0.15, -0.1) is 5.10 Å². The van der Waals surface area contributed by atoms with Crippen molar-refractivity contribution in [2.45, 2.75) is 19.4 Å². The second kappa shape index (κ2) is 4.13. The molecule has 1 heterocycles. The molecule has 1 rings (SSSR count). The SMILES string of the molecule is CC[C@H](N)C(=O)Nc1cnns1. The molecule has 66 valence electrons. The highest BCUT2D eigenvalue weighted by molar-refractivity contribution is 7.10. The molecule has 5 nitrogen and oxygen atoms in total. The molecule has 3 N–H and O–H groups in total. The van der Waals surface area contributed by atoms with Crippen LogP contribution < -0.4 is 11.1 Å². The van der Waals surface area contributed by atoms with Crippen LogP contribution in [0.4, 0.5) is 5.00 Å². The van der Waals surface area contributed by atoms with Crippen molar-refractivity contribution in [3.63, 3.8) is 0 Å². The molecule has 6 heteroatoms. The molecule has 0 radical (unpaired) electrons. The number of anilines is 1. The fraction of sp³-hybridized carbons (Fsp3) is 0.500. The van der Waals surface area contributed by atoms with Gasteiger partial charge in [0.05, 0.1) is 12.2 Å². The standard InChI is InChI=1S/C6H10N4OS/c1-2-4(7)6(11)9-5-3-8-10-12-5/h3-4H,2,7H2,1H3,(H,9,11)/t4-/m0/s1. The Balaban J connectivity index is 2.47. The van der Waals surface area contributed by atoms with Gasteiger partial charge in [0.15, 0.2) is 0 Å². The average Bonchev–Trinajstić information content (AvgIpc) is 2.55. The van der Waals surface area contributed by atoms with Crippen LogP contribution in [0.15, 0.2) is 6.20 Å². The van der Waals surface area contributed by atoms with Crippen LogP contribution in [0, 0.1) is 0 Å². The number of nitrogens with one attached hydrogen (secondary N) is 1. The smallest absolute Gasteiger partial charge is 0.241 e. The summed E-state index contributed by atoms with van der Waals surface area (Å²) in [5, 5.41) is 6.80. The van der Waals surface area contributed by atoms with Gasteiger partial charge in [0, 0.05) is 11.5 Å². The Morgan fingerprint density at radius 3 is 3.17 bits per heavy atom. The van der Waals surface area contributed by atoms with Gasteiger partial charge >= 0.3 is 0 Å². The van der Waals surface area contributed by atoms with Gasteiger partial charge in [-0.25, -0.2) is 0 Å². The Labute approximate surface area is 74.1 Å². The maximum Gasteiger partial charge on any atom is 0.241 e. The summed E-state index contributed by atoms with van der Waals surface area (Å²) >= 11 is 1.13. The number of carbonyl (C=O) groups is 1. The van der Waals surface area contributed by atoms with Crippen LogP contribution in [0.25, 0.3) is 0 Å². The number of rotatable bonds is 3. The first-order valence-corrected chi connectivity index (χ1v) is 4.35. The summed E-state index contributed by atoms with van der Waals surface area (Å²) in [5.74, 6) is -0.191. The van der Waals surface area contributed by atoms with Gasteiger partial charge in [-0.1, -0.05) is 11.4 Å². The van der Waals surface area contributed by atoms with Crippen molar-refractivity contribution in [2.24, 2.45) is 5.73 Å². The Morgan fingerprint density at radius 1 is 1.92 bits per heavy atom. The predicted octanol–water partition coefficient (Wildman–Crippen LogP) is 0.214. The van der Waals surface area contributed by atoms with E-state index in [0.717, 1.165) is 11.5 Å². The number of nitrogens with two attached hydrogens (primary N) is 1. The topological polar surface area (TPSA) is 80.9 Å². The highest BCUT2D eigenvalue weighted by atomic mass is 32.1. The van der Waals surface area contributed by atoms with E-state index in [1.54, 1.807) is 0 Å². The highest BCUT2D eigenvalue weighted by Crippen LogP contribution is 2.09. The molecule has 0 fully saturated rings. The molecule has 1 atom stereocenters. The van der Waals surface area contributed by atoms with Gasteiger partial charge in [0.25, 0.3) is 0 Å². The van der Waals surface area contributed by atoms with Crippen LogP contribution >= 0.6 is 11.5 Å². The second-order valence-corrected chi connectivity index (χ2v) is 3.07. The molecule has 0 saturated heterocycles. The van der Waals surface area contributed by atoms with Gasteiger partial charge in [-0.3, -0.25) is 4.79 Å². The van der Waals surface area contributed by atoms with E-state index in [-0.39, 0.29) is 5.91 Å². The fourth-order valence-electron chi connectivity index (χ4n) is 0.622. The quantitative estimate of drug-likeness (QED) is 0.707. The minimum absolute atomic E-state index is 0.191. The molecular formula is C6H10N4OS. The molecular weight excluding hydrogens is 176 g/mol. The number of carbonyl (C=O) groups excluding carboxylic acids is 1. The second-order valence-electron chi connectivity index (χ2n) is 2.29. The molecule has 0 bridgehead atoms. The first kappa shape index (κ1) is 9.08. The number of aromatic nitrogens is 2. The molecule has 0 saturated carbocycles. The third kappa shape index (κ3) is 2.24. The lowest BCUT2D eigenvalue weighted by Crippen LogP contribution is -2.34. The molecule has 0 aliphatic rings. The first-order chi connectivity index (χ1) is 5.74. The van der Waals surface area contributed by atoms with E-state index in [0.29, 0.717) is 11.4 Å². The van der Waals surface area contributed by atoms with Crippen molar-refractivity contribution in [3.8, 4) is 0 Å². The van der Waals surface area contributed by atoms with Crippen molar-refractivity contribution in [1.82, 2.24) is 9.59 Å². The molecule has 1 aromatic rings. The maximum absolute atomic E-state index is 11.2. The van der Waals surface area contributed by atoms with E-state index in [2.05, 4.69) is 14.9 Å². The lowest BCUT2D eigenvalue weighted by Gasteiger charge is -2.06. The minimum Gasteiger partial charge on any atom is -0.320 e. The summed E-state index contributed by atoms with van der Waals surface area (Å²) in [6, 6.07) is -0.452. The predicted molar refractivity (Wildman–Crippen MR) is 46.8 cm³/mol. The Bertz CT molecular complexity index is 248. The zero-order valence-electron chi connectivity index (χ0n) is 6.65. The summed E-state index contributed by atoms with van der Waals surface area (Å²) in [6.07, 6.45) is 2.11. The zero-order chi connectivity index (χ0) is 8.97. The summed E-state index contributed by atoms with van der Waals surface area (Å²) in [7, 11) is 0. The van der Waals surface area contributed by atoms with Crippen molar-refractivity contribution in [3.05, 3.63) is 6.20 Å². The van der Waals surface area contributed by atoms with E-state index in [1.165, 1.54) is 6.20 Å². The molecule has 12 heavy (non-hydrogen) atoms. The van der Waals surface area contributed by atoms with E-state index in [9.17, 15) is 4.79 Å². The Hall–Kier alpha value is -1.01. The van der Waals surface area contributed by atoms with Crippen LogP contribution in [0.1, 0.15) is 13.3 Å². The molecule has 0 spiro atoms. The van der Waals surface area contributed by atoms with Crippen LogP contribution in [-0.2, 0) is 4.79 Å². The largest absolute Gasteiger partial charge is 0.320 e. The van der Waals surface area contributed by atoms with Crippen molar-refractivity contribution in [2.75, 3.05) is 5.32 Å². The number of amides is 1. The van der Waals surface area contributed by atoms with Gasteiger partial charge in [0.1, 0.15) is 5.00 Å². The van der Waals surface area contributed by atoms with Crippen molar-refractivity contribution >= 4 is 22.4 Å². The van der Waals surface area contributed by atoms with Crippen LogP contribution in [-0.4, -0.2) is 21.5 Å². The number of hydrogen-bond donors (Lipinski definition) is 2. The van der Waals surface area contributed by atoms with Crippen molar-refractivity contribution < 1.29 is 4.79 Å². The maximum atomic E-state index is 11.2. The Morgan fingerprint density at radius 2 is 2.67 bits per heavy atom. The molecule has 0 aromatic carbocycles.